The van der Waals surface area contributed by atoms with E-state index in [4.69, 9.17) is 18.9 Å². The summed E-state index contributed by atoms with van der Waals surface area (Å²) in [5, 5.41) is 18.4. The van der Waals surface area contributed by atoms with Crippen LogP contribution in [-0.4, -0.2) is 59.4 Å². The van der Waals surface area contributed by atoms with E-state index >= 15 is 0 Å². The molecule has 10 heteroatoms. The van der Waals surface area contributed by atoms with E-state index in [2.05, 4.69) is 26.0 Å². The smallest absolute Gasteiger partial charge is 0.465 e. The molecule has 0 saturated heterocycles. The summed E-state index contributed by atoms with van der Waals surface area (Å²) < 4.78 is 27.9. The first-order valence-corrected chi connectivity index (χ1v) is 22.8. The van der Waals surface area contributed by atoms with E-state index in [-0.39, 0.29) is 37.8 Å². The van der Waals surface area contributed by atoms with Crippen LogP contribution in [0.3, 0.4) is 0 Å². The van der Waals surface area contributed by atoms with Crippen LogP contribution in [0, 0.1) is 5.41 Å². The normalized spacial score (nSPS) is 14.7. The molecule has 0 aromatic carbocycles. The molecule has 3 N–H and O–H groups in total. The Morgan fingerprint density at radius 1 is 0.635 bits per heavy atom. The van der Waals surface area contributed by atoms with Crippen molar-refractivity contribution in [3.63, 3.8) is 0 Å². The number of carbonyl (C=O) groups excluding carboxylic acids is 2. The Hall–Kier alpha value is -1.09. The number of phosphoric ester groups is 1. The zero-order valence-corrected chi connectivity index (χ0v) is 34.7. The number of rotatable bonds is 40. The number of unbranched alkanes of at least 4 members (excludes halogenated alkanes) is 23. The van der Waals surface area contributed by atoms with E-state index in [0.29, 0.717) is 6.42 Å². The lowest BCUT2D eigenvalue weighted by Crippen LogP contribution is -2.33. The second-order valence-corrected chi connectivity index (χ2v) is 16.8. The number of esters is 1. The number of aliphatic hydroxyl groups excluding tert-OH is 2. The first kappa shape index (κ1) is 50.9. The van der Waals surface area contributed by atoms with Gasteiger partial charge in [0.15, 0.2) is 0 Å². The Bertz CT molecular complexity index is 912. The standard InChI is InChI=1S/C42H81O9P/c1-4-6-8-10-12-14-16-18-19-21-22-24-26-28-30-32-39(44)34-42(3,38-51-52(47,48)50-36-40(45)35-43)37-49-41(46)33-31-29-27-25-23-20-17-15-13-11-9-7-5-2/h18-19,40,43,45H,4-17,20-38H2,1-3H3,(H,47,48)/b19-18-/t40?,42-/m1/s1. The van der Waals surface area contributed by atoms with Gasteiger partial charge in [-0.1, -0.05) is 161 Å². The number of phosphoric acid groups is 1. The lowest BCUT2D eigenvalue weighted by atomic mass is 9.85. The number of ether oxygens (including phenoxy) is 1. The van der Waals surface area contributed by atoms with Crippen LogP contribution in [-0.2, 0) is 27.9 Å². The molecule has 0 aliphatic heterocycles. The molecule has 0 aliphatic carbocycles. The van der Waals surface area contributed by atoms with Crippen LogP contribution in [0.2, 0.25) is 0 Å². The third kappa shape index (κ3) is 34.7. The summed E-state index contributed by atoms with van der Waals surface area (Å²) in [6.45, 7) is 4.51. The third-order valence-corrected chi connectivity index (χ3v) is 10.6. The highest BCUT2D eigenvalue weighted by Crippen LogP contribution is 2.45. The van der Waals surface area contributed by atoms with Crippen molar-refractivity contribution in [1.82, 2.24) is 0 Å². The van der Waals surface area contributed by atoms with Crippen molar-refractivity contribution in [2.45, 2.75) is 213 Å². The molecule has 52 heavy (non-hydrogen) atoms. The minimum Gasteiger partial charge on any atom is -0.465 e. The molecule has 0 amide bonds. The Kier molecular flexibility index (Phi) is 34.9. The number of hydrogen-bond acceptors (Lipinski definition) is 8. The summed E-state index contributed by atoms with van der Waals surface area (Å²) in [6.07, 6.45) is 35.1. The average Bonchev–Trinajstić information content (AvgIpc) is 3.12. The van der Waals surface area contributed by atoms with Crippen LogP contribution in [0.5, 0.6) is 0 Å². The lowest BCUT2D eigenvalue weighted by molar-refractivity contribution is -0.149. The average molecular weight is 761 g/mol. The highest BCUT2D eigenvalue weighted by atomic mass is 31.2. The quantitative estimate of drug-likeness (QED) is 0.0241. The molecule has 9 nitrogen and oxygen atoms in total. The van der Waals surface area contributed by atoms with Gasteiger partial charge < -0.3 is 19.8 Å². The van der Waals surface area contributed by atoms with Gasteiger partial charge in [-0.25, -0.2) is 4.57 Å². The van der Waals surface area contributed by atoms with E-state index < -0.39 is 32.6 Å². The maximum Gasteiger partial charge on any atom is 0.472 e. The van der Waals surface area contributed by atoms with Gasteiger partial charge in [0.05, 0.1) is 26.4 Å². The molecule has 0 bridgehead atoms. The summed E-state index contributed by atoms with van der Waals surface area (Å²) in [6, 6.07) is 0. The number of Topliss-reactive ketones (excluding diaryl/α,β-unsaturated/α-hetero) is 1. The predicted molar refractivity (Wildman–Crippen MR) is 213 cm³/mol. The molecule has 308 valence electrons. The summed E-state index contributed by atoms with van der Waals surface area (Å²) in [5.41, 5.74) is -1.03. The van der Waals surface area contributed by atoms with Crippen LogP contribution < -0.4 is 0 Å². The van der Waals surface area contributed by atoms with Crippen LogP contribution in [0.25, 0.3) is 0 Å². The maximum absolute atomic E-state index is 13.0. The number of ketones is 1. The Labute approximate surface area is 319 Å². The molecule has 0 spiro atoms. The van der Waals surface area contributed by atoms with Crippen molar-refractivity contribution in [3.8, 4) is 0 Å². The predicted octanol–water partition coefficient (Wildman–Crippen LogP) is 11.5. The maximum atomic E-state index is 13.0. The van der Waals surface area contributed by atoms with E-state index in [1.54, 1.807) is 6.92 Å². The minimum atomic E-state index is -4.57. The second-order valence-electron chi connectivity index (χ2n) is 15.4. The van der Waals surface area contributed by atoms with Crippen LogP contribution >= 0.6 is 7.82 Å². The van der Waals surface area contributed by atoms with E-state index in [9.17, 15) is 24.2 Å². The Morgan fingerprint density at radius 3 is 1.52 bits per heavy atom. The zero-order valence-electron chi connectivity index (χ0n) is 33.8. The van der Waals surface area contributed by atoms with Gasteiger partial charge in [-0.05, 0) is 38.5 Å². The highest BCUT2D eigenvalue weighted by molar-refractivity contribution is 7.47. The molecular formula is C42H81O9P. The molecule has 0 fully saturated rings. The van der Waals surface area contributed by atoms with Crippen molar-refractivity contribution in [1.29, 1.82) is 0 Å². The van der Waals surface area contributed by atoms with Crippen LogP contribution in [0.1, 0.15) is 207 Å². The van der Waals surface area contributed by atoms with Gasteiger partial charge in [-0.15, -0.1) is 0 Å². The molecule has 0 aliphatic rings. The summed E-state index contributed by atoms with van der Waals surface area (Å²) in [5.74, 6) is -0.367. The lowest BCUT2D eigenvalue weighted by Gasteiger charge is -2.29. The van der Waals surface area contributed by atoms with Crippen molar-refractivity contribution in [3.05, 3.63) is 12.2 Å². The first-order valence-electron chi connectivity index (χ1n) is 21.3. The topological polar surface area (TPSA) is 140 Å². The van der Waals surface area contributed by atoms with Crippen LogP contribution in [0.15, 0.2) is 12.2 Å². The van der Waals surface area contributed by atoms with E-state index in [1.165, 1.54) is 109 Å². The SMILES string of the molecule is CCCCCCCC/C=C\CCCCCCCC(=O)C[C@](C)(COC(=O)CCCCCCCCCCCCCCC)COP(=O)(O)OCC(O)CO. The Morgan fingerprint density at radius 2 is 1.06 bits per heavy atom. The van der Waals surface area contributed by atoms with Gasteiger partial charge >= 0.3 is 13.8 Å². The molecule has 0 aromatic heterocycles. The van der Waals surface area contributed by atoms with Crippen molar-refractivity contribution in [2.24, 2.45) is 5.41 Å². The fourth-order valence-electron chi connectivity index (χ4n) is 6.22. The molecule has 0 radical (unpaired) electrons. The number of hydrogen-bond donors (Lipinski definition) is 3. The van der Waals surface area contributed by atoms with Gasteiger partial charge in [-0.3, -0.25) is 18.6 Å². The Balaban J connectivity index is 4.47. The van der Waals surface area contributed by atoms with Gasteiger partial charge in [-0.2, -0.15) is 0 Å². The zero-order chi connectivity index (χ0) is 38.6. The van der Waals surface area contributed by atoms with Gasteiger partial charge in [0.2, 0.25) is 0 Å². The monoisotopic (exact) mass is 761 g/mol. The third-order valence-electron chi connectivity index (χ3n) is 9.62. The molecular weight excluding hydrogens is 679 g/mol. The number of allylic oxidation sites excluding steroid dienone is 2. The van der Waals surface area contributed by atoms with E-state index in [0.717, 1.165) is 57.8 Å². The van der Waals surface area contributed by atoms with E-state index in [1.807, 2.05) is 0 Å². The largest absolute Gasteiger partial charge is 0.472 e. The molecule has 0 aromatic rings. The van der Waals surface area contributed by atoms with Crippen molar-refractivity contribution in [2.75, 3.05) is 26.4 Å². The summed E-state index contributed by atoms with van der Waals surface area (Å²) in [7, 11) is -4.57. The van der Waals surface area contributed by atoms with Gasteiger partial charge in [0, 0.05) is 24.7 Å². The number of carbonyl (C=O) groups is 2. The van der Waals surface area contributed by atoms with Crippen molar-refractivity contribution < 1.29 is 43.0 Å². The highest BCUT2D eigenvalue weighted by Gasteiger charge is 2.34. The molecule has 0 saturated carbocycles. The summed E-state index contributed by atoms with van der Waals surface area (Å²) in [4.78, 5) is 35.7. The van der Waals surface area contributed by atoms with Gasteiger partial charge in [0.1, 0.15) is 11.9 Å². The molecule has 0 rings (SSSR count). The summed E-state index contributed by atoms with van der Waals surface area (Å²) >= 11 is 0. The second kappa shape index (κ2) is 35.6. The van der Waals surface area contributed by atoms with Gasteiger partial charge in [0.25, 0.3) is 0 Å². The molecule has 0 heterocycles. The fraction of sp³-hybridized carbons (Fsp3) is 0.905. The number of aliphatic hydroxyl groups is 2. The van der Waals surface area contributed by atoms with Crippen molar-refractivity contribution >= 4 is 19.6 Å². The van der Waals surface area contributed by atoms with Crippen LogP contribution in [0.4, 0.5) is 0 Å². The first-order chi connectivity index (χ1) is 25.1. The molecule has 3 atom stereocenters. The fourth-order valence-corrected chi connectivity index (χ4v) is 7.13. The minimum absolute atomic E-state index is 0.0133. The molecule has 2 unspecified atom stereocenters.